The number of amides is 2. The van der Waals surface area contributed by atoms with Crippen molar-refractivity contribution < 1.29 is 19.1 Å². The van der Waals surface area contributed by atoms with Gasteiger partial charge in [0.1, 0.15) is 6.61 Å². The molecule has 4 rings (SSSR count). The van der Waals surface area contributed by atoms with E-state index in [1.54, 1.807) is 42.7 Å². The lowest BCUT2D eigenvalue weighted by Crippen LogP contribution is -2.42. The van der Waals surface area contributed by atoms with Gasteiger partial charge in [-0.25, -0.2) is 0 Å². The molecular formula is C29H33N3O4. The second-order valence-corrected chi connectivity index (χ2v) is 9.40. The molecule has 0 spiro atoms. The number of ether oxygens (including phenoxy) is 2. The quantitative estimate of drug-likeness (QED) is 0.458. The van der Waals surface area contributed by atoms with Crippen molar-refractivity contribution in [2.45, 2.75) is 33.8 Å². The highest BCUT2D eigenvalue weighted by molar-refractivity contribution is 6.09. The van der Waals surface area contributed by atoms with Gasteiger partial charge in [-0.1, -0.05) is 32.0 Å². The van der Waals surface area contributed by atoms with Crippen molar-refractivity contribution in [2.75, 3.05) is 25.0 Å². The van der Waals surface area contributed by atoms with E-state index in [0.29, 0.717) is 53.4 Å². The Balaban J connectivity index is 1.50. The minimum atomic E-state index is -0.324. The molecule has 2 heterocycles. The number of benzene rings is 2. The first-order chi connectivity index (χ1) is 17.4. The zero-order valence-electron chi connectivity index (χ0n) is 21.1. The Hall–Kier alpha value is -3.87. The molecule has 7 nitrogen and oxygen atoms in total. The van der Waals surface area contributed by atoms with E-state index in [1.165, 1.54) is 0 Å². The fraction of sp³-hybridized carbons (Fsp3) is 0.345. The van der Waals surface area contributed by atoms with Crippen LogP contribution in [0.25, 0.3) is 0 Å². The van der Waals surface area contributed by atoms with E-state index in [9.17, 15) is 9.59 Å². The topological polar surface area (TPSA) is 80.8 Å². The van der Waals surface area contributed by atoms with Crippen LogP contribution in [0.1, 0.15) is 53.5 Å². The molecule has 0 radical (unpaired) electrons. The van der Waals surface area contributed by atoms with E-state index >= 15 is 0 Å². The van der Waals surface area contributed by atoms with Gasteiger partial charge in [0, 0.05) is 36.6 Å². The number of hydrogen-bond acceptors (Lipinski definition) is 5. The molecule has 3 aromatic rings. The normalized spacial score (nSPS) is 17.4. The van der Waals surface area contributed by atoms with Gasteiger partial charge >= 0.3 is 0 Å². The van der Waals surface area contributed by atoms with Crippen molar-refractivity contribution in [2.24, 2.45) is 11.8 Å². The summed E-state index contributed by atoms with van der Waals surface area (Å²) in [6, 6.07) is 16.0. The summed E-state index contributed by atoms with van der Waals surface area (Å²) in [5.74, 6) is 1.55. The maximum absolute atomic E-state index is 13.3. The Morgan fingerprint density at radius 1 is 1.00 bits per heavy atom. The van der Waals surface area contributed by atoms with Crippen LogP contribution in [0.5, 0.6) is 11.5 Å². The average Bonchev–Trinajstić information content (AvgIpc) is 2.88. The van der Waals surface area contributed by atoms with Crippen molar-refractivity contribution >= 4 is 17.5 Å². The highest BCUT2D eigenvalue weighted by Crippen LogP contribution is 2.30. The number of likely N-dealkylation sites (tertiary alicyclic amines) is 1. The van der Waals surface area contributed by atoms with Gasteiger partial charge in [-0.15, -0.1) is 0 Å². The average molecular weight is 488 g/mol. The van der Waals surface area contributed by atoms with E-state index in [2.05, 4.69) is 24.1 Å². The molecule has 1 fully saturated rings. The molecule has 2 amide bonds. The largest absolute Gasteiger partial charge is 0.490 e. The lowest BCUT2D eigenvalue weighted by atomic mass is 9.91. The number of nitrogens with one attached hydrogen (secondary N) is 1. The maximum Gasteiger partial charge on any atom is 0.255 e. The van der Waals surface area contributed by atoms with Crippen molar-refractivity contribution in [1.82, 2.24) is 9.88 Å². The lowest BCUT2D eigenvalue weighted by Gasteiger charge is -2.35. The van der Waals surface area contributed by atoms with Crippen LogP contribution in [0.15, 0.2) is 67.0 Å². The summed E-state index contributed by atoms with van der Waals surface area (Å²) in [5.41, 5.74) is 2.33. The molecule has 1 aliphatic heterocycles. The summed E-state index contributed by atoms with van der Waals surface area (Å²) in [4.78, 5) is 32.5. The third kappa shape index (κ3) is 6.22. The third-order valence-corrected chi connectivity index (χ3v) is 6.18. The SMILES string of the molecule is CCOc1cc(C(=O)Nc2ccccc2C(=O)N2CC(C)CC(C)C2)ccc1OCc1cccnc1. The molecule has 1 aliphatic rings. The number of carbonyl (C=O) groups excluding carboxylic acids is 2. The maximum atomic E-state index is 13.3. The van der Waals surface area contributed by atoms with E-state index < -0.39 is 0 Å². The van der Waals surface area contributed by atoms with E-state index in [0.717, 1.165) is 25.1 Å². The Morgan fingerprint density at radius 2 is 1.78 bits per heavy atom. The Bertz CT molecular complexity index is 1190. The molecule has 1 aromatic heterocycles. The molecular weight excluding hydrogens is 454 g/mol. The van der Waals surface area contributed by atoms with Crippen LogP contribution in [0, 0.1) is 11.8 Å². The minimum absolute atomic E-state index is 0.0570. The summed E-state index contributed by atoms with van der Waals surface area (Å²) in [6.45, 7) is 8.43. The van der Waals surface area contributed by atoms with Crippen LogP contribution in [0.4, 0.5) is 5.69 Å². The van der Waals surface area contributed by atoms with Crippen LogP contribution in [-0.2, 0) is 6.61 Å². The second-order valence-electron chi connectivity index (χ2n) is 9.40. The summed E-state index contributed by atoms with van der Waals surface area (Å²) >= 11 is 0. The monoisotopic (exact) mass is 487 g/mol. The summed E-state index contributed by atoms with van der Waals surface area (Å²) < 4.78 is 11.7. The van der Waals surface area contributed by atoms with Gasteiger partial charge in [0.15, 0.2) is 11.5 Å². The van der Waals surface area contributed by atoms with Gasteiger partial charge in [-0.3, -0.25) is 14.6 Å². The van der Waals surface area contributed by atoms with Crippen LogP contribution in [0.3, 0.4) is 0 Å². The van der Waals surface area contributed by atoms with E-state index in [4.69, 9.17) is 9.47 Å². The predicted molar refractivity (Wildman–Crippen MR) is 139 cm³/mol. The highest BCUT2D eigenvalue weighted by Gasteiger charge is 2.27. The number of hydrogen-bond donors (Lipinski definition) is 1. The number of rotatable bonds is 8. The van der Waals surface area contributed by atoms with Gasteiger partial charge in [0.05, 0.1) is 17.9 Å². The van der Waals surface area contributed by atoms with Gasteiger partial charge in [-0.2, -0.15) is 0 Å². The minimum Gasteiger partial charge on any atom is -0.490 e. The zero-order valence-corrected chi connectivity index (χ0v) is 21.1. The van der Waals surface area contributed by atoms with Gasteiger partial charge in [0.25, 0.3) is 11.8 Å². The molecule has 0 bridgehead atoms. The zero-order chi connectivity index (χ0) is 25.5. The molecule has 0 aliphatic carbocycles. The first-order valence-corrected chi connectivity index (χ1v) is 12.4. The molecule has 7 heteroatoms. The van der Waals surface area contributed by atoms with Crippen LogP contribution in [0.2, 0.25) is 0 Å². The Kier molecular flexibility index (Phi) is 8.21. The number of aromatic nitrogens is 1. The molecule has 36 heavy (non-hydrogen) atoms. The summed E-state index contributed by atoms with van der Waals surface area (Å²) in [7, 11) is 0. The smallest absolute Gasteiger partial charge is 0.255 e. The molecule has 2 unspecified atom stereocenters. The molecule has 0 saturated carbocycles. The fourth-order valence-electron chi connectivity index (χ4n) is 4.65. The number of piperidine rings is 1. The number of carbonyl (C=O) groups is 2. The van der Waals surface area contributed by atoms with Crippen molar-refractivity contribution in [3.8, 4) is 11.5 Å². The van der Waals surface area contributed by atoms with Gasteiger partial charge in [-0.05, 0) is 61.6 Å². The Morgan fingerprint density at radius 3 is 2.50 bits per heavy atom. The summed E-state index contributed by atoms with van der Waals surface area (Å²) in [6.07, 6.45) is 4.57. The number of anilines is 1. The second kappa shape index (κ2) is 11.7. The number of pyridine rings is 1. The first-order valence-electron chi connectivity index (χ1n) is 12.4. The van der Waals surface area contributed by atoms with Crippen molar-refractivity contribution in [3.63, 3.8) is 0 Å². The first kappa shape index (κ1) is 25.2. The highest BCUT2D eigenvalue weighted by atomic mass is 16.5. The molecule has 2 atom stereocenters. The third-order valence-electron chi connectivity index (χ3n) is 6.18. The van der Waals surface area contributed by atoms with Crippen LogP contribution < -0.4 is 14.8 Å². The predicted octanol–water partition coefficient (Wildman–Crippen LogP) is 5.43. The molecule has 1 saturated heterocycles. The Labute approximate surface area is 212 Å². The van der Waals surface area contributed by atoms with Crippen LogP contribution in [-0.4, -0.2) is 41.4 Å². The number of para-hydroxylation sites is 1. The van der Waals surface area contributed by atoms with Crippen molar-refractivity contribution in [1.29, 1.82) is 0 Å². The van der Waals surface area contributed by atoms with Crippen molar-refractivity contribution in [3.05, 3.63) is 83.7 Å². The molecule has 2 aromatic carbocycles. The fourth-order valence-corrected chi connectivity index (χ4v) is 4.65. The summed E-state index contributed by atoms with van der Waals surface area (Å²) in [5, 5.41) is 2.92. The van der Waals surface area contributed by atoms with Crippen LogP contribution >= 0.6 is 0 Å². The number of nitrogens with zero attached hydrogens (tertiary/aromatic N) is 2. The van der Waals surface area contributed by atoms with Gasteiger partial charge < -0.3 is 19.7 Å². The van der Waals surface area contributed by atoms with E-state index in [-0.39, 0.29) is 11.8 Å². The standard InChI is InChI=1S/C29H33N3O4/c1-4-35-27-15-23(11-12-26(27)36-19-22-8-7-13-30-16-22)28(33)31-25-10-6-5-9-24(25)29(34)32-17-20(2)14-21(3)18-32/h5-13,15-16,20-21H,4,14,17-19H2,1-3H3,(H,31,33). The lowest BCUT2D eigenvalue weighted by molar-refractivity contribution is 0.0624. The molecule has 188 valence electrons. The van der Waals surface area contributed by atoms with E-state index in [1.807, 2.05) is 36.1 Å². The van der Waals surface area contributed by atoms with Gasteiger partial charge in [0.2, 0.25) is 0 Å². The molecule has 1 N–H and O–H groups in total.